The average Bonchev–Trinajstić information content (AvgIpc) is 2.64. The summed E-state index contributed by atoms with van der Waals surface area (Å²) in [5.41, 5.74) is 1.38. The maximum Gasteiger partial charge on any atom is 0.410 e. The van der Waals surface area contributed by atoms with Crippen LogP contribution in [-0.2, 0) is 4.74 Å². The fourth-order valence-electron chi connectivity index (χ4n) is 3.20. The summed E-state index contributed by atoms with van der Waals surface area (Å²) in [6.45, 7) is 7.27. The molecule has 1 aliphatic rings. The normalized spacial score (nSPS) is 15.7. The van der Waals surface area contributed by atoms with E-state index in [0.29, 0.717) is 5.92 Å². The number of piperidine rings is 1. The molecule has 0 aliphatic carbocycles. The molecule has 0 radical (unpaired) electrons. The Balaban J connectivity index is 1.75. The number of carbonyl (C=O) groups is 1. The van der Waals surface area contributed by atoms with E-state index in [-0.39, 0.29) is 6.09 Å². The van der Waals surface area contributed by atoms with Crippen molar-refractivity contribution in [3.8, 4) is 6.07 Å². The van der Waals surface area contributed by atoms with Crippen LogP contribution in [0.3, 0.4) is 0 Å². The van der Waals surface area contributed by atoms with E-state index in [1.54, 1.807) is 11.8 Å². The van der Waals surface area contributed by atoms with Crippen molar-refractivity contribution in [3.63, 3.8) is 0 Å². The zero-order valence-corrected chi connectivity index (χ0v) is 17.6. The van der Waals surface area contributed by atoms with Gasteiger partial charge in [-0.25, -0.2) is 4.79 Å². The van der Waals surface area contributed by atoms with Crippen molar-refractivity contribution < 1.29 is 9.53 Å². The first-order valence-electron chi connectivity index (χ1n) is 9.55. The number of nitriles is 1. The zero-order valence-electron chi connectivity index (χ0n) is 16.8. The van der Waals surface area contributed by atoms with Crippen molar-refractivity contribution >= 4 is 23.9 Å². The highest BCUT2D eigenvalue weighted by molar-refractivity contribution is 7.98. The summed E-state index contributed by atoms with van der Waals surface area (Å²) < 4.78 is 5.45. The first-order valence-corrected chi connectivity index (χ1v) is 10.8. The van der Waals surface area contributed by atoms with Crippen LogP contribution in [0.5, 0.6) is 0 Å². The van der Waals surface area contributed by atoms with E-state index in [1.165, 1.54) is 0 Å². The molecule has 1 heterocycles. The minimum atomic E-state index is -0.432. The van der Waals surface area contributed by atoms with Crippen LogP contribution >= 0.6 is 11.8 Å². The van der Waals surface area contributed by atoms with Gasteiger partial charge in [-0.3, -0.25) is 0 Å². The molecule has 1 amide bonds. The fourth-order valence-corrected chi connectivity index (χ4v) is 3.73. The Labute approximate surface area is 167 Å². The lowest BCUT2D eigenvalue weighted by molar-refractivity contribution is 0.0181. The van der Waals surface area contributed by atoms with Gasteiger partial charge in [-0.2, -0.15) is 5.26 Å². The van der Waals surface area contributed by atoms with Crippen molar-refractivity contribution in [2.24, 2.45) is 5.92 Å². The van der Waals surface area contributed by atoms with Crippen LogP contribution in [0, 0.1) is 17.2 Å². The van der Waals surface area contributed by atoms with E-state index in [0.717, 1.165) is 54.8 Å². The number of hydrogen-bond acceptors (Lipinski definition) is 4. The number of ether oxygens (including phenoxy) is 1. The second-order valence-corrected chi connectivity index (χ2v) is 8.81. The van der Waals surface area contributed by atoms with Crippen LogP contribution in [0.4, 0.5) is 4.79 Å². The second-order valence-electron chi connectivity index (χ2n) is 7.96. The topological polar surface area (TPSA) is 53.3 Å². The van der Waals surface area contributed by atoms with Gasteiger partial charge in [0, 0.05) is 18.0 Å². The highest BCUT2D eigenvalue weighted by atomic mass is 32.2. The van der Waals surface area contributed by atoms with Crippen LogP contribution in [0.15, 0.2) is 29.2 Å². The van der Waals surface area contributed by atoms with Crippen LogP contribution in [0.1, 0.15) is 57.6 Å². The third-order valence-electron chi connectivity index (χ3n) is 4.66. The van der Waals surface area contributed by atoms with Gasteiger partial charge in [0.05, 0.1) is 5.56 Å². The van der Waals surface area contributed by atoms with Crippen molar-refractivity contribution in [2.45, 2.75) is 57.0 Å². The van der Waals surface area contributed by atoms with Crippen LogP contribution in [-0.4, -0.2) is 35.9 Å². The number of amides is 1. The number of likely N-dealkylation sites (tertiary alicyclic amines) is 1. The molecule has 0 spiro atoms. The Bertz CT molecular complexity index is 708. The van der Waals surface area contributed by atoms with Gasteiger partial charge in [-0.1, -0.05) is 18.2 Å². The molecule has 4 nitrogen and oxygen atoms in total. The molecular formula is C22H30N2O2S. The number of benzene rings is 1. The van der Waals surface area contributed by atoms with Crippen LogP contribution < -0.4 is 0 Å². The van der Waals surface area contributed by atoms with E-state index in [9.17, 15) is 10.1 Å². The molecule has 1 aromatic rings. The minimum absolute atomic E-state index is 0.192. The van der Waals surface area contributed by atoms with Gasteiger partial charge in [0.15, 0.2) is 0 Å². The number of rotatable bonds is 5. The zero-order chi connectivity index (χ0) is 19.9. The molecule has 1 fully saturated rings. The highest BCUT2D eigenvalue weighted by Crippen LogP contribution is 2.24. The van der Waals surface area contributed by atoms with Gasteiger partial charge >= 0.3 is 6.09 Å². The van der Waals surface area contributed by atoms with Gasteiger partial charge in [-0.05, 0) is 76.3 Å². The Kier molecular flexibility index (Phi) is 7.79. The standard InChI is InChI=1S/C22H30N2O2S/c1-22(2,3)26-21(25)24-13-11-17(12-14-24)7-5-6-8-18-9-10-20(27-4)19(15-18)16-23/h6,8-10,15,17H,5,7,11-14H2,1-4H3/b8-6+. The molecule has 0 aromatic heterocycles. The summed E-state index contributed by atoms with van der Waals surface area (Å²) in [5.74, 6) is 0.655. The smallest absolute Gasteiger partial charge is 0.410 e. The molecule has 0 atom stereocenters. The Morgan fingerprint density at radius 1 is 1.37 bits per heavy atom. The van der Waals surface area contributed by atoms with Crippen molar-refractivity contribution in [3.05, 3.63) is 35.4 Å². The summed E-state index contributed by atoms with van der Waals surface area (Å²) >= 11 is 1.60. The van der Waals surface area contributed by atoms with Crippen molar-refractivity contribution in [1.82, 2.24) is 4.90 Å². The Hall–Kier alpha value is -1.93. The fraction of sp³-hybridized carbons (Fsp3) is 0.545. The number of allylic oxidation sites excluding steroid dienone is 1. The summed E-state index contributed by atoms with van der Waals surface area (Å²) in [6.07, 6.45) is 10.3. The molecule has 2 rings (SSSR count). The summed E-state index contributed by atoms with van der Waals surface area (Å²) in [7, 11) is 0. The molecule has 0 saturated carbocycles. The number of thioether (sulfide) groups is 1. The maximum absolute atomic E-state index is 12.1. The number of hydrogen-bond donors (Lipinski definition) is 0. The molecule has 0 bridgehead atoms. The largest absolute Gasteiger partial charge is 0.444 e. The molecule has 27 heavy (non-hydrogen) atoms. The van der Waals surface area contributed by atoms with E-state index < -0.39 is 5.60 Å². The number of nitrogens with zero attached hydrogens (tertiary/aromatic N) is 2. The van der Waals surface area contributed by atoms with Gasteiger partial charge in [0.1, 0.15) is 11.7 Å². The van der Waals surface area contributed by atoms with Crippen LogP contribution in [0.2, 0.25) is 0 Å². The van der Waals surface area contributed by atoms with Gasteiger partial charge in [0.25, 0.3) is 0 Å². The molecule has 146 valence electrons. The predicted molar refractivity (Wildman–Crippen MR) is 112 cm³/mol. The lowest BCUT2D eigenvalue weighted by atomic mass is 9.92. The second kappa shape index (κ2) is 9.85. The van der Waals surface area contributed by atoms with Crippen molar-refractivity contribution in [1.29, 1.82) is 5.26 Å². The molecule has 1 aliphatic heterocycles. The lowest BCUT2D eigenvalue weighted by Gasteiger charge is -2.33. The van der Waals surface area contributed by atoms with E-state index in [1.807, 2.05) is 44.1 Å². The summed E-state index contributed by atoms with van der Waals surface area (Å²) in [5, 5.41) is 9.21. The van der Waals surface area contributed by atoms with E-state index >= 15 is 0 Å². The Morgan fingerprint density at radius 3 is 2.67 bits per heavy atom. The molecule has 1 saturated heterocycles. The third-order valence-corrected chi connectivity index (χ3v) is 5.46. The minimum Gasteiger partial charge on any atom is -0.444 e. The third kappa shape index (κ3) is 6.95. The molecule has 5 heteroatoms. The van der Waals surface area contributed by atoms with Gasteiger partial charge in [0.2, 0.25) is 0 Å². The molecule has 1 aromatic carbocycles. The van der Waals surface area contributed by atoms with Crippen molar-refractivity contribution in [2.75, 3.05) is 19.3 Å². The van der Waals surface area contributed by atoms with E-state index in [2.05, 4.69) is 24.3 Å². The summed E-state index contributed by atoms with van der Waals surface area (Å²) in [4.78, 5) is 15.0. The summed E-state index contributed by atoms with van der Waals surface area (Å²) in [6, 6.07) is 8.27. The molecule has 0 unspecified atom stereocenters. The SMILES string of the molecule is CSc1ccc(/C=C/CCC2CCN(C(=O)OC(C)(C)C)CC2)cc1C#N. The van der Waals surface area contributed by atoms with Gasteiger partial charge < -0.3 is 9.64 Å². The monoisotopic (exact) mass is 386 g/mol. The Morgan fingerprint density at radius 2 is 2.07 bits per heavy atom. The first-order chi connectivity index (χ1) is 12.8. The number of carbonyl (C=O) groups excluding carboxylic acids is 1. The quantitative estimate of drug-likeness (QED) is 0.607. The lowest BCUT2D eigenvalue weighted by Crippen LogP contribution is -2.41. The maximum atomic E-state index is 12.1. The molecule has 0 N–H and O–H groups in total. The molecular weight excluding hydrogens is 356 g/mol. The van der Waals surface area contributed by atoms with E-state index in [4.69, 9.17) is 4.74 Å². The highest BCUT2D eigenvalue weighted by Gasteiger charge is 2.26. The van der Waals surface area contributed by atoms with Gasteiger partial charge in [-0.15, -0.1) is 11.8 Å². The first kappa shape index (κ1) is 21.4. The van der Waals surface area contributed by atoms with Crippen LogP contribution in [0.25, 0.3) is 6.08 Å². The average molecular weight is 387 g/mol. The predicted octanol–water partition coefficient (Wildman–Crippen LogP) is 5.72.